The van der Waals surface area contributed by atoms with Crippen molar-refractivity contribution in [1.29, 1.82) is 5.26 Å². The Labute approximate surface area is 224 Å². The topological polar surface area (TPSA) is 94.0 Å². The molecule has 0 bridgehead atoms. The molecule has 3 N–H and O–H groups in total. The predicted octanol–water partition coefficient (Wildman–Crippen LogP) is 6.08. The van der Waals surface area contributed by atoms with Gasteiger partial charge in [-0.1, -0.05) is 47.6 Å². The first-order valence-electron chi connectivity index (χ1n) is 11.7. The van der Waals surface area contributed by atoms with Crippen LogP contribution in [0.2, 0.25) is 5.02 Å². The molecular formula is C27H27ClN4O2S2. The minimum atomic E-state index is -0.340. The summed E-state index contributed by atoms with van der Waals surface area (Å²) in [4.78, 5) is 26.1. The van der Waals surface area contributed by atoms with Crippen molar-refractivity contribution >= 4 is 58.3 Å². The van der Waals surface area contributed by atoms with Gasteiger partial charge in [0.1, 0.15) is 0 Å². The van der Waals surface area contributed by atoms with Crippen molar-refractivity contribution in [1.82, 2.24) is 5.32 Å². The van der Waals surface area contributed by atoms with E-state index in [9.17, 15) is 14.9 Å². The van der Waals surface area contributed by atoms with Crippen molar-refractivity contribution in [3.05, 3.63) is 81.0 Å². The average molecular weight is 539 g/mol. The van der Waals surface area contributed by atoms with Crippen LogP contribution in [0.5, 0.6) is 0 Å². The Morgan fingerprint density at radius 3 is 2.64 bits per heavy atom. The molecule has 2 heterocycles. The molecule has 0 aromatic heterocycles. The van der Waals surface area contributed by atoms with Crippen LogP contribution >= 0.6 is 35.1 Å². The van der Waals surface area contributed by atoms with Crippen molar-refractivity contribution in [2.24, 2.45) is 5.92 Å². The van der Waals surface area contributed by atoms with Gasteiger partial charge in [0, 0.05) is 38.8 Å². The number of halogens is 1. The number of amides is 2. The number of hydrogen-bond donors (Lipinski definition) is 3. The first kappa shape index (κ1) is 26.2. The molecule has 6 nitrogen and oxygen atoms in total. The lowest BCUT2D eigenvalue weighted by atomic mass is 9.83. The molecule has 1 fully saturated rings. The highest BCUT2D eigenvalue weighted by atomic mass is 35.5. The van der Waals surface area contributed by atoms with Crippen molar-refractivity contribution in [3.8, 4) is 6.07 Å². The highest BCUT2D eigenvalue weighted by Gasteiger charge is 2.40. The molecule has 0 aliphatic carbocycles. The number of nitrogens with one attached hydrogen (secondary N) is 3. The van der Waals surface area contributed by atoms with Gasteiger partial charge in [-0.05, 0) is 62.3 Å². The Kier molecular flexibility index (Phi) is 8.68. The minimum Gasteiger partial charge on any atom is -0.353 e. The van der Waals surface area contributed by atoms with E-state index in [1.807, 2.05) is 44.2 Å². The molecular weight excluding hydrogens is 512 g/mol. The smallest absolute Gasteiger partial charge is 0.254 e. The Hall–Kier alpha value is -2.86. The van der Waals surface area contributed by atoms with Crippen molar-refractivity contribution in [2.45, 2.75) is 31.9 Å². The summed E-state index contributed by atoms with van der Waals surface area (Å²) in [6.07, 6.45) is 1.98. The fraction of sp³-hybridized carbons (Fsp3) is 0.296. The fourth-order valence-electron chi connectivity index (χ4n) is 4.39. The van der Waals surface area contributed by atoms with Gasteiger partial charge in [-0.3, -0.25) is 9.59 Å². The summed E-state index contributed by atoms with van der Waals surface area (Å²) >= 11 is 9.25. The zero-order valence-electron chi connectivity index (χ0n) is 20.1. The lowest BCUT2D eigenvalue weighted by Gasteiger charge is -2.32. The molecule has 2 aromatic carbocycles. The number of thioether (sulfide) groups is 2. The van der Waals surface area contributed by atoms with Crippen LogP contribution in [0.3, 0.4) is 0 Å². The number of carbonyl (C=O) groups is 2. The second-order valence-electron chi connectivity index (χ2n) is 8.62. The average Bonchev–Trinajstić information content (AvgIpc) is 3.40. The molecule has 9 heteroatoms. The Morgan fingerprint density at radius 1 is 1.17 bits per heavy atom. The van der Waals surface area contributed by atoms with Crippen LogP contribution < -0.4 is 16.0 Å². The molecule has 0 saturated carbocycles. The molecule has 186 valence electrons. The van der Waals surface area contributed by atoms with E-state index in [1.54, 1.807) is 30.0 Å². The Morgan fingerprint density at radius 2 is 1.94 bits per heavy atom. The van der Waals surface area contributed by atoms with Crippen LogP contribution in [0.4, 0.5) is 11.4 Å². The molecule has 36 heavy (non-hydrogen) atoms. The maximum atomic E-state index is 13.4. The van der Waals surface area contributed by atoms with Crippen LogP contribution in [0, 0.1) is 24.2 Å². The Bertz CT molecular complexity index is 1260. The van der Waals surface area contributed by atoms with Crippen LogP contribution in [0.25, 0.3) is 0 Å². The van der Waals surface area contributed by atoms with E-state index >= 15 is 0 Å². The molecule has 2 aromatic rings. The number of benzene rings is 2. The van der Waals surface area contributed by atoms with E-state index in [1.165, 1.54) is 11.8 Å². The molecule has 2 aliphatic rings. The highest BCUT2D eigenvalue weighted by Crippen LogP contribution is 2.44. The second-order valence-corrected chi connectivity index (χ2v) is 11.4. The number of nitrogens with zero attached hydrogens (tertiary/aromatic N) is 1. The number of allylic oxidation sites excluding steroid dienone is 2. The van der Waals surface area contributed by atoms with Gasteiger partial charge >= 0.3 is 0 Å². The highest BCUT2D eigenvalue weighted by molar-refractivity contribution is 8.03. The number of nitriles is 1. The third-order valence-corrected chi connectivity index (χ3v) is 9.08. The van der Waals surface area contributed by atoms with Gasteiger partial charge in [-0.2, -0.15) is 17.0 Å². The van der Waals surface area contributed by atoms with Crippen LogP contribution in [0.15, 0.2) is 70.4 Å². The van der Waals surface area contributed by atoms with Crippen LogP contribution in [0.1, 0.15) is 25.3 Å². The lowest BCUT2D eigenvalue weighted by Crippen LogP contribution is -2.36. The van der Waals surface area contributed by atoms with Gasteiger partial charge in [-0.25, -0.2) is 0 Å². The molecule has 2 atom stereocenters. The molecule has 2 unspecified atom stereocenters. The van der Waals surface area contributed by atoms with Gasteiger partial charge in [0.15, 0.2) is 0 Å². The summed E-state index contributed by atoms with van der Waals surface area (Å²) in [7, 11) is 0. The van der Waals surface area contributed by atoms with Crippen molar-refractivity contribution in [3.63, 3.8) is 0 Å². The largest absolute Gasteiger partial charge is 0.353 e. The van der Waals surface area contributed by atoms with Gasteiger partial charge < -0.3 is 16.0 Å². The second kappa shape index (κ2) is 11.9. The van der Waals surface area contributed by atoms with E-state index in [4.69, 9.17) is 11.6 Å². The number of carbonyl (C=O) groups excluding carboxylic acids is 2. The molecule has 0 radical (unpaired) electrons. The fourth-order valence-corrected chi connectivity index (χ4v) is 6.90. The van der Waals surface area contributed by atoms with E-state index < -0.39 is 0 Å². The SMILES string of the molecule is CC1=C(C(=O)Nc2ccccc2)C(C2CCCS2)C(C#N)=C(SCC(=O)Nc2cccc(Cl)c2C)N1. The summed E-state index contributed by atoms with van der Waals surface area (Å²) in [5.74, 6) is 0.368. The molecule has 0 spiro atoms. The van der Waals surface area contributed by atoms with Crippen LogP contribution in [-0.2, 0) is 9.59 Å². The van der Waals surface area contributed by atoms with Crippen molar-refractivity contribution < 1.29 is 9.59 Å². The minimum absolute atomic E-state index is 0.114. The summed E-state index contributed by atoms with van der Waals surface area (Å²) < 4.78 is 0. The number of anilines is 2. The molecule has 1 saturated heterocycles. The van der Waals surface area contributed by atoms with Crippen molar-refractivity contribution in [2.75, 3.05) is 22.1 Å². The van der Waals surface area contributed by atoms with E-state index in [2.05, 4.69) is 22.0 Å². The first-order chi connectivity index (χ1) is 17.4. The number of para-hydroxylation sites is 1. The quantitative estimate of drug-likeness (QED) is 0.395. The summed E-state index contributed by atoms with van der Waals surface area (Å²) in [5.41, 5.74) is 3.96. The van der Waals surface area contributed by atoms with Gasteiger partial charge in [-0.15, -0.1) is 0 Å². The summed E-state index contributed by atoms with van der Waals surface area (Å²) in [5, 5.41) is 20.7. The summed E-state index contributed by atoms with van der Waals surface area (Å²) in [6.45, 7) is 3.71. The monoisotopic (exact) mass is 538 g/mol. The maximum Gasteiger partial charge on any atom is 0.254 e. The van der Waals surface area contributed by atoms with Gasteiger partial charge in [0.25, 0.3) is 5.91 Å². The van der Waals surface area contributed by atoms with Gasteiger partial charge in [0.05, 0.1) is 22.4 Å². The third-order valence-electron chi connectivity index (χ3n) is 6.19. The van der Waals surface area contributed by atoms with Gasteiger partial charge in [0.2, 0.25) is 5.91 Å². The zero-order chi connectivity index (χ0) is 25.7. The normalized spacial score (nSPS) is 19.5. The van der Waals surface area contributed by atoms with Crippen LogP contribution in [-0.4, -0.2) is 28.6 Å². The van der Waals surface area contributed by atoms with E-state index in [-0.39, 0.29) is 28.7 Å². The Balaban J connectivity index is 1.55. The predicted molar refractivity (Wildman–Crippen MR) is 150 cm³/mol. The number of rotatable bonds is 7. The number of dihydropyridines is 1. The summed E-state index contributed by atoms with van der Waals surface area (Å²) in [6, 6.07) is 17.0. The lowest BCUT2D eigenvalue weighted by molar-refractivity contribution is -0.114. The molecule has 2 aliphatic heterocycles. The van der Waals surface area contributed by atoms with E-state index in [0.717, 1.165) is 24.2 Å². The third kappa shape index (κ3) is 5.92. The first-order valence-corrected chi connectivity index (χ1v) is 14.1. The molecule has 4 rings (SSSR count). The maximum absolute atomic E-state index is 13.4. The molecule has 2 amide bonds. The standard InChI is InChI=1S/C27H27ClN4O2S2/c1-16-20(28)10-6-11-21(16)32-23(33)15-36-27-19(14-29)25(22-12-7-13-35-22)24(17(2)30-27)26(34)31-18-8-4-3-5-9-18/h3-6,8-11,22,25,30H,7,12-13,15H2,1-2H3,(H,31,34)(H,32,33). The number of hydrogen-bond acceptors (Lipinski definition) is 6. The zero-order valence-corrected chi connectivity index (χ0v) is 22.4. The van der Waals surface area contributed by atoms with E-state index in [0.29, 0.717) is 38.3 Å².